The minimum Gasteiger partial charge on any atom is -0.295 e. The predicted octanol–water partition coefficient (Wildman–Crippen LogP) is 0.0800. The van der Waals surface area contributed by atoms with Crippen LogP contribution in [0.25, 0.3) is 0 Å². The van der Waals surface area contributed by atoms with Gasteiger partial charge in [0.25, 0.3) is 0 Å². The number of nitrogens with two attached hydrogens (primary N) is 1. The van der Waals surface area contributed by atoms with Crippen molar-refractivity contribution in [3.05, 3.63) is 21.9 Å². The number of anilines is 1. The van der Waals surface area contributed by atoms with Gasteiger partial charge in [-0.3, -0.25) is 9.69 Å². The molecule has 0 saturated carbocycles. The lowest BCUT2D eigenvalue weighted by molar-refractivity contribution is -0.117. The van der Waals surface area contributed by atoms with Crippen LogP contribution in [-0.2, 0) is 14.8 Å². The van der Waals surface area contributed by atoms with Crippen molar-refractivity contribution in [2.45, 2.75) is 11.7 Å². The van der Waals surface area contributed by atoms with Crippen molar-refractivity contribution in [3.8, 4) is 0 Å². The molecule has 2 rings (SSSR count). The van der Waals surface area contributed by atoms with Crippen molar-refractivity contribution in [1.82, 2.24) is 4.98 Å². The Hall–Kier alpha value is -0.740. The number of nitrogens with zero attached hydrogens (tertiary/aromatic N) is 2. The predicted molar refractivity (Wildman–Crippen MR) is 70.8 cm³/mol. The minimum absolute atomic E-state index is 0.0747. The first-order valence-electron chi connectivity index (χ1n) is 4.81. The monoisotopic (exact) mass is 367 g/mol. The van der Waals surface area contributed by atoms with Crippen molar-refractivity contribution < 1.29 is 13.2 Å². The van der Waals surface area contributed by atoms with Gasteiger partial charge in [-0.1, -0.05) is 0 Å². The van der Waals surface area contributed by atoms with Gasteiger partial charge in [-0.25, -0.2) is 18.5 Å². The van der Waals surface area contributed by atoms with Gasteiger partial charge >= 0.3 is 0 Å². The molecular weight excluding hydrogens is 357 g/mol. The molecule has 2 heterocycles. The number of carbonyl (C=O) groups is 1. The number of hydrogen-bond donors (Lipinski definition) is 1. The zero-order valence-corrected chi connectivity index (χ0v) is 11.7. The van der Waals surface area contributed by atoms with E-state index < -0.39 is 15.3 Å². The van der Waals surface area contributed by atoms with Crippen molar-refractivity contribution in [1.29, 1.82) is 0 Å². The number of halogens is 1. The van der Waals surface area contributed by atoms with Gasteiger partial charge in [-0.05, 0) is 34.7 Å². The lowest BCUT2D eigenvalue weighted by Gasteiger charge is -2.14. The topological polar surface area (TPSA) is 93.4 Å². The van der Waals surface area contributed by atoms with Crippen LogP contribution in [0.4, 0.5) is 5.82 Å². The van der Waals surface area contributed by atoms with E-state index in [4.69, 9.17) is 5.14 Å². The van der Waals surface area contributed by atoms with Gasteiger partial charge in [0.15, 0.2) is 0 Å². The van der Waals surface area contributed by atoms with Crippen LogP contribution in [0.1, 0.15) is 6.42 Å². The molecule has 1 aliphatic rings. The van der Waals surface area contributed by atoms with E-state index in [1.165, 1.54) is 4.90 Å². The molecule has 1 amide bonds. The number of aromatic nitrogens is 1. The fraction of sp³-hybridized carbons (Fsp3) is 0.333. The number of rotatable bonds is 2. The minimum atomic E-state index is -3.68. The summed E-state index contributed by atoms with van der Waals surface area (Å²) in [5, 5.41) is 4.20. The quantitative estimate of drug-likeness (QED) is 0.750. The number of primary sulfonamides is 1. The number of sulfonamides is 1. The maximum atomic E-state index is 11.7. The Morgan fingerprint density at radius 2 is 2.18 bits per heavy atom. The summed E-state index contributed by atoms with van der Waals surface area (Å²) in [4.78, 5) is 17.1. The molecular formula is C9H10IN3O3S. The van der Waals surface area contributed by atoms with Crippen molar-refractivity contribution in [2.24, 2.45) is 5.14 Å². The van der Waals surface area contributed by atoms with Crippen LogP contribution in [0.5, 0.6) is 0 Å². The molecule has 1 aliphatic heterocycles. The van der Waals surface area contributed by atoms with Crippen LogP contribution in [0.15, 0.2) is 18.3 Å². The number of pyridine rings is 1. The highest BCUT2D eigenvalue weighted by Crippen LogP contribution is 2.22. The summed E-state index contributed by atoms with van der Waals surface area (Å²) >= 11 is 2.10. The molecule has 0 aliphatic carbocycles. The second kappa shape index (κ2) is 4.50. The fourth-order valence-electron chi connectivity index (χ4n) is 1.64. The van der Waals surface area contributed by atoms with E-state index in [2.05, 4.69) is 27.6 Å². The summed E-state index contributed by atoms with van der Waals surface area (Å²) < 4.78 is 23.3. The van der Waals surface area contributed by atoms with E-state index in [0.717, 1.165) is 3.57 Å². The molecule has 8 heteroatoms. The molecule has 1 saturated heterocycles. The molecule has 0 aromatic carbocycles. The lowest BCUT2D eigenvalue weighted by Crippen LogP contribution is -2.32. The molecule has 0 radical (unpaired) electrons. The normalized spacial score (nSPS) is 20.9. The first-order valence-corrected chi connectivity index (χ1v) is 7.50. The van der Waals surface area contributed by atoms with Crippen LogP contribution in [0, 0.1) is 3.57 Å². The van der Waals surface area contributed by atoms with Crippen LogP contribution in [-0.4, -0.2) is 31.1 Å². The summed E-state index contributed by atoms with van der Waals surface area (Å²) in [6.45, 7) is 0.0747. The van der Waals surface area contributed by atoms with Crippen LogP contribution < -0.4 is 10.0 Å². The molecule has 1 fully saturated rings. The summed E-state index contributed by atoms with van der Waals surface area (Å²) in [6.07, 6.45) is 1.54. The summed E-state index contributed by atoms with van der Waals surface area (Å²) in [5.74, 6) is 0.194. The Bertz CT molecular complexity index is 543. The second-order valence-corrected chi connectivity index (χ2v) is 6.84. The smallest absolute Gasteiger partial charge is 0.229 e. The highest BCUT2D eigenvalue weighted by atomic mass is 127. The fourth-order valence-corrected chi connectivity index (χ4v) is 2.69. The Labute approximate surface area is 112 Å². The molecule has 1 unspecified atom stereocenters. The van der Waals surface area contributed by atoms with Gasteiger partial charge in [-0.15, -0.1) is 0 Å². The van der Waals surface area contributed by atoms with E-state index in [0.29, 0.717) is 5.82 Å². The Kier molecular flexibility index (Phi) is 3.36. The average molecular weight is 367 g/mol. The first kappa shape index (κ1) is 12.7. The zero-order chi connectivity index (χ0) is 12.6. The largest absolute Gasteiger partial charge is 0.295 e. The molecule has 92 valence electrons. The van der Waals surface area contributed by atoms with E-state index in [1.807, 2.05) is 0 Å². The third-order valence-electron chi connectivity index (χ3n) is 2.54. The van der Waals surface area contributed by atoms with Gasteiger partial charge in [-0.2, -0.15) is 0 Å². The average Bonchev–Trinajstić information content (AvgIpc) is 2.61. The highest BCUT2D eigenvalue weighted by Gasteiger charge is 2.37. The van der Waals surface area contributed by atoms with Crippen molar-refractivity contribution in [3.63, 3.8) is 0 Å². The Morgan fingerprint density at radius 1 is 1.47 bits per heavy atom. The van der Waals surface area contributed by atoms with Gasteiger partial charge in [0, 0.05) is 22.7 Å². The van der Waals surface area contributed by atoms with Crippen LogP contribution in [0.3, 0.4) is 0 Å². The molecule has 6 nitrogen and oxygen atoms in total. The SMILES string of the molecule is NS(=O)(=O)C1CC(=O)N(c2ccc(I)cn2)C1. The summed E-state index contributed by atoms with van der Waals surface area (Å²) in [7, 11) is -3.68. The van der Waals surface area contributed by atoms with E-state index in [9.17, 15) is 13.2 Å². The maximum absolute atomic E-state index is 11.7. The molecule has 1 aromatic heterocycles. The van der Waals surface area contributed by atoms with Gasteiger partial charge in [0.2, 0.25) is 15.9 Å². The Balaban J connectivity index is 2.24. The molecule has 2 N–H and O–H groups in total. The summed E-state index contributed by atoms with van der Waals surface area (Å²) in [5.41, 5.74) is 0. The van der Waals surface area contributed by atoms with Gasteiger partial charge < -0.3 is 0 Å². The van der Waals surface area contributed by atoms with Gasteiger partial charge in [0.1, 0.15) is 11.1 Å². The van der Waals surface area contributed by atoms with E-state index in [1.54, 1.807) is 18.3 Å². The van der Waals surface area contributed by atoms with Crippen molar-refractivity contribution >= 4 is 44.3 Å². The number of amides is 1. The second-order valence-electron chi connectivity index (χ2n) is 3.75. The van der Waals surface area contributed by atoms with Crippen LogP contribution >= 0.6 is 22.6 Å². The molecule has 0 spiro atoms. The Morgan fingerprint density at radius 3 is 2.65 bits per heavy atom. The number of hydrogen-bond acceptors (Lipinski definition) is 4. The molecule has 1 atom stereocenters. The highest BCUT2D eigenvalue weighted by molar-refractivity contribution is 14.1. The zero-order valence-electron chi connectivity index (χ0n) is 8.71. The third-order valence-corrected chi connectivity index (χ3v) is 4.43. The first-order chi connectivity index (χ1) is 7.88. The molecule has 0 bridgehead atoms. The summed E-state index contributed by atoms with van der Waals surface area (Å²) in [6, 6.07) is 3.49. The van der Waals surface area contributed by atoms with Crippen molar-refractivity contribution in [2.75, 3.05) is 11.4 Å². The third kappa shape index (κ3) is 2.75. The number of carbonyl (C=O) groups excluding carboxylic acids is 1. The van der Waals surface area contributed by atoms with E-state index in [-0.39, 0.29) is 18.9 Å². The lowest BCUT2D eigenvalue weighted by atomic mass is 10.4. The maximum Gasteiger partial charge on any atom is 0.229 e. The standard InChI is InChI=1S/C9H10IN3O3S/c10-6-1-2-8(12-4-6)13-5-7(3-9(13)14)17(11,15)16/h1-2,4,7H,3,5H2,(H2,11,15,16). The van der Waals surface area contributed by atoms with Gasteiger partial charge in [0.05, 0.1) is 0 Å². The molecule has 17 heavy (non-hydrogen) atoms. The van der Waals surface area contributed by atoms with E-state index >= 15 is 0 Å². The van der Waals surface area contributed by atoms with Crippen LogP contribution in [0.2, 0.25) is 0 Å². The molecule has 1 aromatic rings.